The minimum Gasteiger partial charge on any atom is -0.278 e. The van der Waals surface area contributed by atoms with Crippen LogP contribution >= 0.6 is 0 Å². The number of fused-ring (bicyclic) bond motifs is 2. The molecule has 3 aromatic heterocycles. The van der Waals surface area contributed by atoms with Crippen molar-refractivity contribution in [3.63, 3.8) is 0 Å². The Kier molecular flexibility index (Phi) is 3.27. The average molecular weight is 371 g/mol. The number of aromatic amines is 1. The zero-order valence-corrected chi connectivity index (χ0v) is 12.5. The number of H-pyrrole nitrogens is 1. The maximum Gasteiger partial charge on any atom is 0.450 e. The second-order valence-electron chi connectivity index (χ2n) is 5.45. The predicted molar refractivity (Wildman–Crippen MR) is 78.5 cm³/mol. The van der Waals surface area contributed by atoms with Crippen LogP contribution in [-0.2, 0) is 12.4 Å². The average Bonchev–Trinajstić information content (AvgIpc) is 3.16. The lowest BCUT2D eigenvalue weighted by molar-refractivity contribution is -0.145. The second-order valence-corrected chi connectivity index (χ2v) is 5.45. The third kappa shape index (κ3) is 2.55. The summed E-state index contributed by atoms with van der Waals surface area (Å²) >= 11 is 0. The minimum absolute atomic E-state index is 0.0273. The number of rotatable bonds is 1. The number of pyridine rings is 1. The lowest BCUT2D eigenvalue weighted by Crippen LogP contribution is -2.14. The zero-order chi connectivity index (χ0) is 18.7. The molecule has 0 fully saturated rings. The number of alkyl halides is 6. The molecule has 0 atom stereocenters. The number of imidazole rings is 1. The summed E-state index contributed by atoms with van der Waals surface area (Å²) in [5, 5.41) is 6.90. The molecule has 0 saturated carbocycles. The van der Waals surface area contributed by atoms with Crippen LogP contribution in [0, 0.1) is 0 Å². The molecule has 3 heterocycles. The van der Waals surface area contributed by atoms with E-state index in [9.17, 15) is 26.3 Å². The van der Waals surface area contributed by atoms with E-state index in [1.165, 1.54) is 24.4 Å². The zero-order valence-electron chi connectivity index (χ0n) is 12.5. The summed E-state index contributed by atoms with van der Waals surface area (Å²) in [7, 11) is 0. The Morgan fingerprint density at radius 2 is 1.65 bits per heavy atom. The Bertz CT molecular complexity index is 1120. The van der Waals surface area contributed by atoms with Gasteiger partial charge < -0.3 is 0 Å². The van der Waals surface area contributed by atoms with Gasteiger partial charge in [-0.05, 0) is 30.3 Å². The largest absolute Gasteiger partial charge is 0.450 e. The first-order valence-electron chi connectivity index (χ1n) is 7.12. The van der Waals surface area contributed by atoms with Gasteiger partial charge in [-0.15, -0.1) is 0 Å². The Hall–Kier alpha value is -3.11. The van der Waals surface area contributed by atoms with Crippen LogP contribution < -0.4 is 0 Å². The van der Waals surface area contributed by atoms with E-state index in [1.54, 1.807) is 0 Å². The van der Waals surface area contributed by atoms with Crippen LogP contribution in [0.25, 0.3) is 27.8 Å². The predicted octanol–water partition coefficient (Wildman–Crippen LogP) is 4.33. The highest BCUT2D eigenvalue weighted by Gasteiger charge is 2.39. The van der Waals surface area contributed by atoms with Gasteiger partial charge in [0.1, 0.15) is 11.2 Å². The summed E-state index contributed by atoms with van der Waals surface area (Å²) < 4.78 is 79.6. The smallest absolute Gasteiger partial charge is 0.278 e. The Balaban J connectivity index is 2.06. The number of hydrogen-bond acceptors (Lipinski definition) is 3. The fraction of sp³-hybridized carbons (Fsp3) is 0.133. The van der Waals surface area contributed by atoms with Crippen LogP contribution in [0.4, 0.5) is 26.3 Å². The topological polar surface area (TPSA) is 59.4 Å². The van der Waals surface area contributed by atoms with Crippen molar-refractivity contribution in [3.05, 3.63) is 48.0 Å². The van der Waals surface area contributed by atoms with Crippen molar-refractivity contribution in [1.82, 2.24) is 24.7 Å². The molecule has 26 heavy (non-hydrogen) atoms. The summed E-state index contributed by atoms with van der Waals surface area (Å²) in [6.07, 6.45) is -8.29. The van der Waals surface area contributed by atoms with E-state index in [1.807, 2.05) is 0 Å². The van der Waals surface area contributed by atoms with Crippen LogP contribution in [-0.4, -0.2) is 24.7 Å². The molecule has 11 heteroatoms. The Morgan fingerprint density at radius 3 is 2.35 bits per heavy atom. The summed E-state index contributed by atoms with van der Waals surface area (Å²) in [5.74, 6) is -1.36. The molecule has 0 aliphatic carbocycles. The summed E-state index contributed by atoms with van der Waals surface area (Å²) in [6.45, 7) is 0. The first-order chi connectivity index (χ1) is 12.1. The molecular formula is C15H7F6N5. The van der Waals surface area contributed by atoms with E-state index in [0.29, 0.717) is 21.5 Å². The molecule has 0 aliphatic heterocycles. The highest BCUT2D eigenvalue weighted by molar-refractivity contribution is 5.82. The maximum absolute atomic E-state index is 13.4. The van der Waals surface area contributed by atoms with Crippen LogP contribution in [0.1, 0.15) is 11.5 Å². The molecule has 4 rings (SSSR count). The Labute approximate surface area is 140 Å². The van der Waals surface area contributed by atoms with Crippen molar-refractivity contribution in [2.45, 2.75) is 12.4 Å². The van der Waals surface area contributed by atoms with E-state index < -0.39 is 29.5 Å². The quantitative estimate of drug-likeness (QED) is 0.507. The first kappa shape index (κ1) is 16.4. The van der Waals surface area contributed by atoms with Gasteiger partial charge >= 0.3 is 12.4 Å². The van der Waals surface area contributed by atoms with E-state index in [2.05, 4.69) is 20.2 Å². The molecule has 0 bridgehead atoms. The highest BCUT2D eigenvalue weighted by Crippen LogP contribution is 2.35. The summed E-state index contributed by atoms with van der Waals surface area (Å²) in [5.41, 5.74) is -1.59. The second kappa shape index (κ2) is 5.19. The number of nitrogens with zero attached hydrogens (tertiary/aromatic N) is 4. The van der Waals surface area contributed by atoms with Crippen molar-refractivity contribution < 1.29 is 26.3 Å². The van der Waals surface area contributed by atoms with Crippen LogP contribution in [0.15, 0.2) is 36.5 Å². The third-order valence-electron chi connectivity index (χ3n) is 3.73. The molecule has 0 spiro atoms. The summed E-state index contributed by atoms with van der Waals surface area (Å²) in [4.78, 5) is 6.81. The van der Waals surface area contributed by atoms with Crippen molar-refractivity contribution in [2.24, 2.45) is 0 Å². The van der Waals surface area contributed by atoms with Gasteiger partial charge in [0.2, 0.25) is 5.82 Å². The maximum atomic E-state index is 13.4. The molecule has 0 radical (unpaired) electrons. The van der Waals surface area contributed by atoms with Gasteiger partial charge in [0.15, 0.2) is 5.65 Å². The molecule has 1 aromatic carbocycles. The lowest BCUT2D eigenvalue weighted by atomic mass is 10.2. The number of hydrogen-bond donors (Lipinski definition) is 1. The molecule has 1 N–H and O–H groups in total. The molecule has 0 unspecified atom stereocenters. The Morgan fingerprint density at radius 1 is 0.885 bits per heavy atom. The lowest BCUT2D eigenvalue weighted by Gasteiger charge is -2.12. The van der Waals surface area contributed by atoms with Crippen LogP contribution in [0.5, 0.6) is 0 Å². The van der Waals surface area contributed by atoms with Crippen molar-refractivity contribution in [1.29, 1.82) is 0 Å². The van der Waals surface area contributed by atoms with Crippen molar-refractivity contribution >= 4 is 22.1 Å². The fourth-order valence-corrected chi connectivity index (χ4v) is 2.62. The molecular weight excluding hydrogens is 364 g/mol. The van der Waals surface area contributed by atoms with Gasteiger partial charge in [-0.1, -0.05) is 0 Å². The molecule has 5 nitrogen and oxygen atoms in total. The van der Waals surface area contributed by atoms with Crippen LogP contribution in [0.3, 0.4) is 0 Å². The van der Waals surface area contributed by atoms with E-state index in [-0.39, 0.29) is 11.2 Å². The molecule has 0 saturated heterocycles. The molecule has 134 valence electrons. The van der Waals surface area contributed by atoms with Gasteiger partial charge in [0, 0.05) is 11.1 Å². The number of benzene rings is 1. The van der Waals surface area contributed by atoms with Gasteiger partial charge in [0.25, 0.3) is 0 Å². The van der Waals surface area contributed by atoms with Gasteiger partial charge in [0.05, 0.1) is 11.7 Å². The number of halogens is 6. The molecule has 4 aromatic rings. The number of nitrogens with one attached hydrogen (secondary N) is 1. The highest BCUT2D eigenvalue weighted by atomic mass is 19.4. The minimum atomic E-state index is -4.88. The van der Waals surface area contributed by atoms with Crippen molar-refractivity contribution in [2.75, 3.05) is 0 Å². The van der Waals surface area contributed by atoms with E-state index in [4.69, 9.17) is 0 Å². The SMILES string of the molecule is FC(F)(F)c1ccc2nc(C(F)(F)F)n(-c3ccc4[nH]ncc4c3)c2n1. The fourth-order valence-electron chi connectivity index (χ4n) is 2.62. The van der Waals surface area contributed by atoms with Gasteiger partial charge in [-0.2, -0.15) is 31.4 Å². The third-order valence-corrected chi connectivity index (χ3v) is 3.73. The van der Waals surface area contributed by atoms with Crippen LogP contribution in [0.2, 0.25) is 0 Å². The summed E-state index contributed by atoms with van der Waals surface area (Å²) in [6, 6.07) is 5.61. The van der Waals surface area contributed by atoms with Crippen molar-refractivity contribution in [3.8, 4) is 5.69 Å². The monoisotopic (exact) mass is 371 g/mol. The molecule has 0 amide bonds. The van der Waals surface area contributed by atoms with E-state index in [0.717, 1.165) is 6.07 Å². The first-order valence-corrected chi connectivity index (χ1v) is 7.12. The van der Waals surface area contributed by atoms with Gasteiger partial charge in [-0.3, -0.25) is 9.67 Å². The normalized spacial score (nSPS) is 13.0. The number of aromatic nitrogens is 5. The molecule has 0 aliphatic rings. The van der Waals surface area contributed by atoms with E-state index >= 15 is 0 Å². The standard InChI is InChI=1S/C15H7F6N5/c16-14(17,18)11-4-3-10-12(24-11)26(13(23-10)15(19,20)21)8-1-2-9-7(5-8)6-22-25-9/h1-6H,(H,22,25). The van der Waals surface area contributed by atoms with Gasteiger partial charge in [-0.25, -0.2) is 9.97 Å².